The van der Waals surface area contributed by atoms with Crippen LogP contribution in [0.1, 0.15) is 19.4 Å². The van der Waals surface area contributed by atoms with Gasteiger partial charge < -0.3 is 5.32 Å². The summed E-state index contributed by atoms with van der Waals surface area (Å²) in [4.78, 5) is 3.76. The van der Waals surface area contributed by atoms with E-state index >= 15 is 0 Å². The molecule has 0 unspecified atom stereocenters. The maximum absolute atomic E-state index is 12.8. The van der Waals surface area contributed by atoms with Crippen molar-refractivity contribution < 1.29 is 13.2 Å². The lowest BCUT2D eigenvalue weighted by Crippen LogP contribution is -2.26. The fourth-order valence-corrected chi connectivity index (χ4v) is 1.59. The van der Waals surface area contributed by atoms with Crippen LogP contribution >= 0.6 is 27.5 Å². The molecule has 18 heavy (non-hydrogen) atoms. The van der Waals surface area contributed by atoms with Gasteiger partial charge in [-0.05, 0) is 27.4 Å². The summed E-state index contributed by atoms with van der Waals surface area (Å²) in [6.45, 7) is 4.03. The van der Waals surface area contributed by atoms with Crippen molar-refractivity contribution in [2.45, 2.75) is 20.0 Å². The van der Waals surface area contributed by atoms with Crippen LogP contribution in [0.5, 0.6) is 0 Å². The summed E-state index contributed by atoms with van der Waals surface area (Å²) >= 11 is 8.71. The van der Waals surface area contributed by atoms with E-state index in [2.05, 4.69) is 26.2 Å². The van der Waals surface area contributed by atoms with Crippen molar-refractivity contribution in [1.29, 1.82) is 0 Å². The molecule has 2 nitrogen and oxygen atoms in total. The Morgan fingerprint density at radius 2 is 2.00 bits per heavy atom. The summed E-state index contributed by atoms with van der Waals surface area (Å²) in [6.07, 6.45) is -3.12. The minimum absolute atomic E-state index is 0.177. The number of hydrogen-bond donors (Lipinski definition) is 1. The minimum atomic E-state index is -4.44. The van der Waals surface area contributed by atoms with Gasteiger partial charge in [-0.1, -0.05) is 13.8 Å². The summed E-state index contributed by atoms with van der Waals surface area (Å²) in [5.74, 6) is 0.168. The van der Waals surface area contributed by atoms with Crippen molar-refractivity contribution >= 4 is 33.3 Å². The second-order valence-corrected chi connectivity index (χ2v) is 5.88. The lowest BCUT2D eigenvalue weighted by molar-refractivity contribution is -0.137. The van der Waals surface area contributed by atoms with Crippen LogP contribution in [-0.4, -0.2) is 17.4 Å². The van der Waals surface area contributed by atoms with E-state index in [4.69, 9.17) is 11.6 Å². The van der Waals surface area contributed by atoms with E-state index in [0.29, 0.717) is 12.4 Å². The summed E-state index contributed by atoms with van der Waals surface area (Å²) in [7, 11) is 0. The molecule has 0 aliphatic heterocycles. The van der Waals surface area contributed by atoms with Crippen molar-refractivity contribution in [2.24, 2.45) is 5.41 Å². The molecule has 0 saturated carbocycles. The zero-order valence-electron chi connectivity index (χ0n) is 9.91. The maximum atomic E-state index is 12.8. The van der Waals surface area contributed by atoms with Crippen molar-refractivity contribution in [2.75, 3.05) is 17.7 Å². The van der Waals surface area contributed by atoms with Crippen LogP contribution in [0.15, 0.2) is 16.7 Å². The number of nitrogens with one attached hydrogen (secondary N) is 1. The van der Waals surface area contributed by atoms with Gasteiger partial charge >= 0.3 is 6.18 Å². The Hall–Kier alpha value is -0.490. The van der Waals surface area contributed by atoms with E-state index in [-0.39, 0.29) is 15.7 Å². The lowest BCUT2D eigenvalue weighted by Gasteiger charge is -2.23. The standard InChI is InChI=1S/C11H13BrClF3N2/c1-10(2,5-13)6-18-9-8(11(14,15)16)3-7(12)4-17-9/h3-4H,5-6H2,1-2H3,(H,17,18). The number of hydrogen-bond acceptors (Lipinski definition) is 2. The number of rotatable bonds is 4. The van der Waals surface area contributed by atoms with E-state index < -0.39 is 11.7 Å². The fraction of sp³-hybridized carbons (Fsp3) is 0.545. The molecule has 0 fully saturated rings. The average molecular weight is 346 g/mol. The number of halogens is 5. The average Bonchev–Trinajstić information content (AvgIpc) is 2.26. The van der Waals surface area contributed by atoms with Gasteiger partial charge in [0.15, 0.2) is 0 Å². The molecule has 0 amide bonds. The largest absolute Gasteiger partial charge is 0.419 e. The van der Waals surface area contributed by atoms with Gasteiger partial charge in [0, 0.05) is 23.1 Å². The van der Waals surface area contributed by atoms with Gasteiger partial charge in [0.2, 0.25) is 0 Å². The summed E-state index contributed by atoms with van der Waals surface area (Å²) in [5.41, 5.74) is -1.10. The number of aromatic nitrogens is 1. The highest BCUT2D eigenvalue weighted by molar-refractivity contribution is 9.10. The van der Waals surface area contributed by atoms with E-state index in [1.54, 1.807) is 0 Å². The van der Waals surface area contributed by atoms with Crippen molar-refractivity contribution in [3.63, 3.8) is 0 Å². The monoisotopic (exact) mass is 344 g/mol. The van der Waals surface area contributed by atoms with Gasteiger partial charge in [-0.3, -0.25) is 0 Å². The smallest absolute Gasteiger partial charge is 0.369 e. The third-order valence-electron chi connectivity index (χ3n) is 2.26. The highest BCUT2D eigenvalue weighted by Crippen LogP contribution is 2.35. The van der Waals surface area contributed by atoms with Gasteiger partial charge in [0.1, 0.15) is 5.82 Å². The summed E-state index contributed by atoms with van der Waals surface area (Å²) in [6, 6.07) is 1.00. The van der Waals surface area contributed by atoms with Crippen LogP contribution in [0.3, 0.4) is 0 Å². The molecule has 0 spiro atoms. The Balaban J connectivity index is 2.96. The molecule has 1 rings (SSSR count). The van der Waals surface area contributed by atoms with Crippen LogP contribution in [0.2, 0.25) is 0 Å². The van der Waals surface area contributed by atoms with Gasteiger partial charge in [0.25, 0.3) is 0 Å². The fourth-order valence-electron chi connectivity index (χ4n) is 1.17. The molecule has 0 aliphatic carbocycles. The lowest BCUT2D eigenvalue weighted by atomic mass is 9.96. The molecular weight excluding hydrogens is 332 g/mol. The van der Waals surface area contributed by atoms with Crippen molar-refractivity contribution in [3.8, 4) is 0 Å². The summed E-state index contributed by atoms with van der Waals surface area (Å²) in [5, 5.41) is 2.70. The quantitative estimate of drug-likeness (QED) is 0.810. The van der Waals surface area contributed by atoms with Crippen LogP contribution in [0, 0.1) is 5.41 Å². The first-order valence-corrected chi connectivity index (χ1v) is 6.51. The summed E-state index contributed by atoms with van der Waals surface area (Å²) < 4.78 is 38.7. The van der Waals surface area contributed by atoms with Crippen molar-refractivity contribution in [3.05, 3.63) is 22.3 Å². The predicted octanol–water partition coefficient (Wildman–Crippen LogP) is 4.54. The molecule has 1 aromatic heterocycles. The van der Waals surface area contributed by atoms with Crippen LogP contribution in [-0.2, 0) is 6.18 Å². The number of alkyl halides is 4. The van der Waals surface area contributed by atoms with Gasteiger partial charge in [0.05, 0.1) is 5.56 Å². The van der Waals surface area contributed by atoms with Crippen LogP contribution < -0.4 is 5.32 Å². The zero-order valence-corrected chi connectivity index (χ0v) is 12.2. The van der Waals surface area contributed by atoms with E-state index in [9.17, 15) is 13.2 Å². The van der Waals surface area contributed by atoms with Crippen LogP contribution in [0.25, 0.3) is 0 Å². The Bertz CT molecular complexity index is 421. The first-order chi connectivity index (χ1) is 8.15. The molecule has 0 saturated heterocycles. The van der Waals surface area contributed by atoms with Crippen LogP contribution in [0.4, 0.5) is 19.0 Å². The number of pyridine rings is 1. The molecular formula is C11H13BrClF3N2. The number of nitrogens with zero attached hydrogens (tertiary/aromatic N) is 1. The third-order valence-corrected chi connectivity index (χ3v) is 3.41. The molecule has 0 aromatic carbocycles. The SMILES string of the molecule is CC(C)(CCl)CNc1ncc(Br)cc1C(F)(F)F. The normalized spacial score (nSPS) is 12.6. The molecule has 0 atom stereocenters. The molecule has 0 aliphatic rings. The van der Waals surface area contributed by atoms with Gasteiger partial charge in [-0.25, -0.2) is 4.98 Å². The molecule has 102 valence electrons. The maximum Gasteiger partial charge on any atom is 0.419 e. The first-order valence-electron chi connectivity index (χ1n) is 5.18. The van der Waals surface area contributed by atoms with Gasteiger partial charge in [-0.15, -0.1) is 11.6 Å². The van der Waals surface area contributed by atoms with E-state index in [1.165, 1.54) is 6.20 Å². The molecule has 0 radical (unpaired) electrons. The molecule has 1 aromatic rings. The van der Waals surface area contributed by atoms with E-state index in [0.717, 1.165) is 6.07 Å². The highest BCUT2D eigenvalue weighted by atomic mass is 79.9. The minimum Gasteiger partial charge on any atom is -0.369 e. The topological polar surface area (TPSA) is 24.9 Å². The van der Waals surface area contributed by atoms with E-state index in [1.807, 2.05) is 13.8 Å². The Labute approximate surface area is 117 Å². The first kappa shape index (κ1) is 15.6. The molecule has 0 bridgehead atoms. The Kier molecular flexibility index (Phi) is 4.89. The molecule has 7 heteroatoms. The predicted molar refractivity (Wildman–Crippen MR) is 69.9 cm³/mol. The van der Waals surface area contributed by atoms with Gasteiger partial charge in [-0.2, -0.15) is 13.2 Å². The Morgan fingerprint density at radius 1 is 1.39 bits per heavy atom. The molecule has 1 heterocycles. The Morgan fingerprint density at radius 3 is 2.50 bits per heavy atom. The second-order valence-electron chi connectivity index (χ2n) is 4.70. The highest BCUT2D eigenvalue weighted by Gasteiger charge is 2.35. The molecule has 1 N–H and O–H groups in total. The van der Waals surface area contributed by atoms with Crippen molar-refractivity contribution in [1.82, 2.24) is 4.98 Å². The zero-order chi connectivity index (χ0) is 14.0. The third kappa shape index (κ3) is 4.31. The second kappa shape index (κ2) is 5.65. The number of anilines is 1.